The summed E-state index contributed by atoms with van der Waals surface area (Å²) in [6, 6.07) is 13.7. The third kappa shape index (κ3) is 5.24. The lowest BCUT2D eigenvalue weighted by Crippen LogP contribution is -2.33. The van der Waals surface area contributed by atoms with Gasteiger partial charge >= 0.3 is 5.97 Å². The largest absolute Gasteiger partial charge is 0.426 e. The molecule has 0 bridgehead atoms. The summed E-state index contributed by atoms with van der Waals surface area (Å²) >= 11 is 0. The Hall–Kier alpha value is -3.15. The summed E-state index contributed by atoms with van der Waals surface area (Å²) in [5.74, 6) is -1.26. The number of nitrogens with two attached hydrogens (primary N) is 1. The van der Waals surface area contributed by atoms with Crippen LogP contribution in [0.5, 0.6) is 5.75 Å². The number of nitrogens with one attached hydrogen (secondary N) is 1. The predicted octanol–water partition coefficient (Wildman–Crippen LogP) is 1.36. The van der Waals surface area contributed by atoms with E-state index in [1.807, 2.05) is 31.2 Å². The fourth-order valence-corrected chi connectivity index (χ4v) is 2.13. The Morgan fingerprint density at radius 3 is 2.54 bits per heavy atom. The molecule has 0 aliphatic heterocycles. The molecule has 0 aliphatic carbocycles. The molecule has 2 amide bonds. The number of carbonyl (C=O) groups is 3. The number of esters is 1. The van der Waals surface area contributed by atoms with Crippen molar-refractivity contribution in [3.63, 3.8) is 0 Å². The van der Waals surface area contributed by atoms with Crippen molar-refractivity contribution in [2.45, 2.75) is 13.3 Å². The van der Waals surface area contributed by atoms with Crippen molar-refractivity contribution >= 4 is 17.8 Å². The zero-order valence-corrected chi connectivity index (χ0v) is 13.2. The Morgan fingerprint density at radius 2 is 1.83 bits per heavy atom. The van der Waals surface area contributed by atoms with Gasteiger partial charge in [-0.05, 0) is 30.7 Å². The number of benzene rings is 2. The number of carbonyl (C=O) groups excluding carboxylic acids is 3. The van der Waals surface area contributed by atoms with Crippen LogP contribution in [0.1, 0.15) is 21.5 Å². The van der Waals surface area contributed by atoms with E-state index in [0.717, 1.165) is 11.1 Å². The van der Waals surface area contributed by atoms with Gasteiger partial charge in [0.1, 0.15) is 5.75 Å². The second kappa shape index (κ2) is 7.92. The van der Waals surface area contributed by atoms with Gasteiger partial charge in [-0.3, -0.25) is 14.4 Å². The van der Waals surface area contributed by atoms with Crippen molar-refractivity contribution in [1.82, 2.24) is 5.32 Å². The van der Waals surface area contributed by atoms with Gasteiger partial charge in [-0.2, -0.15) is 0 Å². The monoisotopic (exact) mass is 326 g/mol. The van der Waals surface area contributed by atoms with E-state index < -0.39 is 17.8 Å². The highest BCUT2D eigenvalue weighted by Crippen LogP contribution is 2.15. The van der Waals surface area contributed by atoms with E-state index in [0.29, 0.717) is 0 Å². The summed E-state index contributed by atoms with van der Waals surface area (Å²) in [4.78, 5) is 34.5. The van der Waals surface area contributed by atoms with Crippen LogP contribution in [0.3, 0.4) is 0 Å². The average Bonchev–Trinajstić information content (AvgIpc) is 2.52. The summed E-state index contributed by atoms with van der Waals surface area (Å²) in [5.41, 5.74) is 7.17. The van der Waals surface area contributed by atoms with Crippen LogP contribution in [0, 0.1) is 6.92 Å². The number of amides is 2. The molecule has 0 radical (unpaired) electrons. The molecule has 0 fully saturated rings. The lowest BCUT2D eigenvalue weighted by molar-refractivity contribution is -0.133. The Kier molecular flexibility index (Phi) is 5.68. The van der Waals surface area contributed by atoms with Gasteiger partial charge in [0.15, 0.2) is 0 Å². The molecule has 0 saturated carbocycles. The Morgan fingerprint density at radius 1 is 1.08 bits per heavy atom. The van der Waals surface area contributed by atoms with E-state index in [1.165, 1.54) is 6.07 Å². The number of ether oxygens (including phenoxy) is 1. The minimum absolute atomic E-state index is 0.139. The fourth-order valence-electron chi connectivity index (χ4n) is 2.13. The maximum atomic E-state index is 12.0. The van der Waals surface area contributed by atoms with E-state index in [-0.39, 0.29) is 24.3 Å². The average molecular weight is 326 g/mol. The van der Waals surface area contributed by atoms with Crippen molar-refractivity contribution < 1.29 is 19.1 Å². The van der Waals surface area contributed by atoms with Crippen LogP contribution in [-0.2, 0) is 16.0 Å². The van der Waals surface area contributed by atoms with Gasteiger partial charge in [-0.1, -0.05) is 35.9 Å². The summed E-state index contributed by atoms with van der Waals surface area (Å²) in [6.45, 7) is 1.69. The molecule has 2 rings (SSSR count). The quantitative estimate of drug-likeness (QED) is 0.618. The Bertz CT molecular complexity index is 771. The van der Waals surface area contributed by atoms with Crippen LogP contribution in [0.15, 0.2) is 48.5 Å². The molecule has 24 heavy (non-hydrogen) atoms. The standard InChI is InChI=1S/C18H18N2O4/c1-12-4-2-5-13(8-12)9-17(22)24-15-7-3-6-14(10-15)18(23)20-11-16(19)21/h2-8,10H,9,11H2,1H3,(H2,19,21)(H,20,23). The summed E-state index contributed by atoms with van der Waals surface area (Å²) in [6.07, 6.45) is 0.139. The minimum Gasteiger partial charge on any atom is -0.426 e. The van der Waals surface area contributed by atoms with E-state index in [1.54, 1.807) is 18.2 Å². The number of rotatable bonds is 6. The zero-order valence-electron chi connectivity index (χ0n) is 13.2. The highest BCUT2D eigenvalue weighted by Gasteiger charge is 2.10. The van der Waals surface area contributed by atoms with Crippen molar-refractivity contribution in [3.8, 4) is 5.75 Å². The Labute approximate surface area is 139 Å². The second-order valence-electron chi connectivity index (χ2n) is 5.32. The molecule has 0 aromatic heterocycles. The maximum Gasteiger partial charge on any atom is 0.315 e. The third-order valence-electron chi connectivity index (χ3n) is 3.18. The first-order valence-corrected chi connectivity index (χ1v) is 7.37. The fraction of sp³-hybridized carbons (Fsp3) is 0.167. The van der Waals surface area contributed by atoms with E-state index >= 15 is 0 Å². The highest BCUT2D eigenvalue weighted by atomic mass is 16.5. The van der Waals surface area contributed by atoms with Gasteiger partial charge in [0, 0.05) is 5.56 Å². The van der Waals surface area contributed by atoms with Gasteiger partial charge < -0.3 is 15.8 Å². The molecule has 0 saturated heterocycles. The molecular formula is C18H18N2O4. The number of hydrogen-bond donors (Lipinski definition) is 2. The topological polar surface area (TPSA) is 98.5 Å². The molecule has 0 aliphatic rings. The zero-order chi connectivity index (χ0) is 17.5. The van der Waals surface area contributed by atoms with Gasteiger partial charge in [-0.25, -0.2) is 0 Å². The van der Waals surface area contributed by atoms with Crippen LogP contribution < -0.4 is 15.8 Å². The van der Waals surface area contributed by atoms with E-state index in [9.17, 15) is 14.4 Å². The first kappa shape index (κ1) is 17.2. The highest BCUT2D eigenvalue weighted by molar-refractivity contribution is 5.96. The second-order valence-corrected chi connectivity index (χ2v) is 5.32. The minimum atomic E-state index is -0.635. The molecule has 2 aromatic rings. The first-order chi connectivity index (χ1) is 11.4. The molecule has 124 valence electrons. The summed E-state index contributed by atoms with van der Waals surface area (Å²) < 4.78 is 5.26. The van der Waals surface area contributed by atoms with Crippen LogP contribution in [0.4, 0.5) is 0 Å². The lowest BCUT2D eigenvalue weighted by Gasteiger charge is -2.07. The first-order valence-electron chi connectivity index (χ1n) is 7.37. The number of hydrogen-bond acceptors (Lipinski definition) is 4. The molecular weight excluding hydrogens is 308 g/mol. The SMILES string of the molecule is Cc1cccc(CC(=O)Oc2cccc(C(=O)NCC(N)=O)c2)c1. The molecule has 2 aromatic carbocycles. The van der Waals surface area contributed by atoms with Crippen molar-refractivity contribution in [3.05, 3.63) is 65.2 Å². The van der Waals surface area contributed by atoms with Crippen LogP contribution in [-0.4, -0.2) is 24.3 Å². The molecule has 0 spiro atoms. The van der Waals surface area contributed by atoms with Gasteiger partial charge in [0.25, 0.3) is 5.91 Å². The predicted molar refractivity (Wildman–Crippen MR) is 88.5 cm³/mol. The maximum absolute atomic E-state index is 12.0. The number of aryl methyl sites for hydroxylation is 1. The van der Waals surface area contributed by atoms with Crippen LogP contribution >= 0.6 is 0 Å². The molecule has 3 N–H and O–H groups in total. The lowest BCUT2D eigenvalue weighted by atomic mass is 10.1. The van der Waals surface area contributed by atoms with Crippen LogP contribution in [0.25, 0.3) is 0 Å². The normalized spacial score (nSPS) is 10.0. The van der Waals surface area contributed by atoms with Crippen molar-refractivity contribution in [2.75, 3.05) is 6.54 Å². The molecule has 6 heteroatoms. The Balaban J connectivity index is 1.99. The van der Waals surface area contributed by atoms with Crippen molar-refractivity contribution in [1.29, 1.82) is 0 Å². The van der Waals surface area contributed by atoms with Gasteiger partial charge in [-0.15, -0.1) is 0 Å². The molecule has 0 heterocycles. The summed E-state index contributed by atoms with van der Waals surface area (Å²) in [7, 11) is 0. The smallest absolute Gasteiger partial charge is 0.315 e. The van der Waals surface area contributed by atoms with Gasteiger partial charge in [0.05, 0.1) is 13.0 Å². The summed E-state index contributed by atoms with van der Waals surface area (Å²) in [5, 5.41) is 2.37. The van der Waals surface area contributed by atoms with E-state index in [2.05, 4.69) is 5.32 Å². The van der Waals surface area contributed by atoms with Crippen LogP contribution in [0.2, 0.25) is 0 Å². The third-order valence-corrected chi connectivity index (χ3v) is 3.18. The molecule has 0 atom stereocenters. The van der Waals surface area contributed by atoms with Gasteiger partial charge in [0.2, 0.25) is 5.91 Å². The van der Waals surface area contributed by atoms with Crippen molar-refractivity contribution in [2.24, 2.45) is 5.73 Å². The molecule has 0 unspecified atom stereocenters. The number of primary amides is 1. The molecule has 6 nitrogen and oxygen atoms in total. The van der Waals surface area contributed by atoms with E-state index in [4.69, 9.17) is 10.5 Å².